The van der Waals surface area contributed by atoms with Crippen LogP contribution in [0.1, 0.15) is 20.8 Å². The molecule has 0 saturated carbocycles. The summed E-state index contributed by atoms with van der Waals surface area (Å²) in [6.07, 6.45) is -1.70. The fourth-order valence-corrected chi connectivity index (χ4v) is 2.11. The Morgan fingerprint density at radius 3 is 1.43 bits per heavy atom. The van der Waals surface area contributed by atoms with Crippen LogP contribution in [0.4, 0.5) is 0 Å². The van der Waals surface area contributed by atoms with Crippen molar-refractivity contribution in [3.05, 3.63) is 58.6 Å². The van der Waals surface area contributed by atoms with Gasteiger partial charge in [-0.15, -0.1) is 0 Å². The summed E-state index contributed by atoms with van der Waals surface area (Å²) >= 11 is 11.8. The largest absolute Gasteiger partial charge is 0.452 e. The third kappa shape index (κ3) is 5.31. The van der Waals surface area contributed by atoms with Gasteiger partial charge in [0.1, 0.15) is 17.6 Å². The van der Waals surface area contributed by atoms with Gasteiger partial charge in [-0.25, -0.2) is 0 Å². The van der Waals surface area contributed by atoms with E-state index < -0.39 is 17.8 Å². The van der Waals surface area contributed by atoms with Crippen molar-refractivity contribution >= 4 is 23.2 Å². The maximum absolute atomic E-state index is 10.6. The van der Waals surface area contributed by atoms with E-state index in [9.17, 15) is 5.11 Å². The monoisotopic (exact) mass is 354 g/mol. The molecule has 23 heavy (non-hydrogen) atoms. The Morgan fingerprint density at radius 2 is 1.13 bits per heavy atom. The fourth-order valence-electron chi connectivity index (χ4n) is 1.86. The number of hydrogen-bond donors (Lipinski definition) is 1. The van der Waals surface area contributed by atoms with Gasteiger partial charge < -0.3 is 14.6 Å². The number of hydrogen-bond acceptors (Lipinski definition) is 3. The first kappa shape index (κ1) is 17.9. The third-order valence-electron chi connectivity index (χ3n) is 3.28. The molecule has 2 aromatic carbocycles. The van der Waals surface area contributed by atoms with Crippen molar-refractivity contribution in [2.24, 2.45) is 5.41 Å². The molecule has 0 bridgehead atoms. The van der Waals surface area contributed by atoms with Crippen LogP contribution in [0.15, 0.2) is 48.5 Å². The van der Waals surface area contributed by atoms with E-state index in [0.717, 1.165) is 0 Å². The number of rotatable bonds is 5. The Kier molecular flexibility index (Phi) is 5.79. The molecule has 0 radical (unpaired) electrons. The van der Waals surface area contributed by atoms with E-state index in [1.54, 1.807) is 48.5 Å². The molecule has 0 spiro atoms. The second-order valence-corrected chi connectivity index (χ2v) is 7.20. The lowest BCUT2D eigenvalue weighted by molar-refractivity contribution is -0.125. The Balaban J connectivity index is 2.20. The highest BCUT2D eigenvalue weighted by molar-refractivity contribution is 6.30. The molecule has 2 rings (SSSR count). The number of aliphatic hydroxyl groups excluding tert-OH is 1. The number of benzene rings is 2. The van der Waals surface area contributed by atoms with Gasteiger partial charge in [0.15, 0.2) is 0 Å². The maximum Gasteiger partial charge on any atom is 0.267 e. The van der Waals surface area contributed by atoms with Gasteiger partial charge in [0.2, 0.25) is 0 Å². The van der Waals surface area contributed by atoms with Crippen LogP contribution in [0.25, 0.3) is 0 Å². The molecular formula is C18H20Cl2O3. The van der Waals surface area contributed by atoms with E-state index in [1.165, 1.54) is 0 Å². The first-order valence-corrected chi connectivity index (χ1v) is 8.04. The molecule has 2 aromatic rings. The number of ether oxygens (including phenoxy) is 2. The zero-order valence-electron chi connectivity index (χ0n) is 13.3. The zero-order chi connectivity index (χ0) is 17.0. The van der Waals surface area contributed by atoms with Gasteiger partial charge in [0, 0.05) is 10.0 Å². The van der Waals surface area contributed by atoms with Crippen LogP contribution in [0, 0.1) is 5.41 Å². The predicted octanol–water partition coefficient (Wildman–Crippen LogP) is 5.18. The second kappa shape index (κ2) is 7.43. The van der Waals surface area contributed by atoms with E-state index in [2.05, 4.69) is 0 Å². The van der Waals surface area contributed by atoms with Crippen molar-refractivity contribution in [3.8, 4) is 11.5 Å². The summed E-state index contributed by atoms with van der Waals surface area (Å²) in [5.41, 5.74) is -0.413. The van der Waals surface area contributed by atoms with Gasteiger partial charge in [-0.3, -0.25) is 0 Å². The minimum absolute atomic E-state index is 0.413. The predicted molar refractivity (Wildman–Crippen MR) is 93.4 cm³/mol. The van der Waals surface area contributed by atoms with Crippen LogP contribution in [-0.2, 0) is 0 Å². The van der Waals surface area contributed by atoms with Gasteiger partial charge in [0.05, 0.1) is 0 Å². The topological polar surface area (TPSA) is 38.7 Å². The summed E-state index contributed by atoms with van der Waals surface area (Å²) in [6.45, 7) is 5.75. The smallest absolute Gasteiger partial charge is 0.267 e. The first-order valence-electron chi connectivity index (χ1n) is 7.28. The van der Waals surface area contributed by atoms with Crippen molar-refractivity contribution in [2.45, 2.75) is 33.2 Å². The van der Waals surface area contributed by atoms with Crippen LogP contribution >= 0.6 is 23.2 Å². The van der Waals surface area contributed by atoms with Gasteiger partial charge in [-0.2, -0.15) is 0 Å². The van der Waals surface area contributed by atoms with Crippen LogP contribution in [0.5, 0.6) is 11.5 Å². The molecule has 3 nitrogen and oxygen atoms in total. The lowest BCUT2D eigenvalue weighted by Crippen LogP contribution is -2.44. The van der Waals surface area contributed by atoms with E-state index in [0.29, 0.717) is 21.5 Å². The summed E-state index contributed by atoms with van der Waals surface area (Å²) in [5.74, 6) is 1.13. The van der Waals surface area contributed by atoms with Gasteiger partial charge in [-0.05, 0) is 53.9 Å². The summed E-state index contributed by atoms with van der Waals surface area (Å²) in [7, 11) is 0. The highest BCUT2D eigenvalue weighted by Crippen LogP contribution is 2.28. The molecule has 0 saturated heterocycles. The first-order chi connectivity index (χ1) is 10.8. The average Bonchev–Trinajstić information content (AvgIpc) is 2.49. The van der Waals surface area contributed by atoms with Gasteiger partial charge in [-0.1, -0.05) is 44.0 Å². The van der Waals surface area contributed by atoms with Crippen LogP contribution in [0.3, 0.4) is 0 Å². The standard InChI is InChI=1S/C18H20Cl2O3/c1-18(2,3)16(21)17(22-14-8-4-12(19)5-9-14)23-15-10-6-13(20)7-11-15/h4-11,16-17,21H,1-3H3. The van der Waals surface area contributed by atoms with E-state index >= 15 is 0 Å². The summed E-state index contributed by atoms with van der Waals surface area (Å²) in [4.78, 5) is 0. The van der Waals surface area contributed by atoms with Crippen molar-refractivity contribution in [3.63, 3.8) is 0 Å². The lowest BCUT2D eigenvalue weighted by atomic mass is 9.88. The van der Waals surface area contributed by atoms with E-state index in [1.807, 2.05) is 20.8 Å². The van der Waals surface area contributed by atoms with E-state index in [-0.39, 0.29) is 0 Å². The fraction of sp³-hybridized carbons (Fsp3) is 0.333. The molecule has 5 heteroatoms. The summed E-state index contributed by atoms with van der Waals surface area (Å²) in [5, 5.41) is 11.8. The molecule has 0 aliphatic heterocycles. The molecule has 1 atom stereocenters. The molecule has 124 valence electrons. The van der Waals surface area contributed by atoms with Crippen molar-refractivity contribution in [1.29, 1.82) is 0 Å². The molecular weight excluding hydrogens is 335 g/mol. The summed E-state index contributed by atoms with van der Waals surface area (Å²) < 4.78 is 11.7. The SMILES string of the molecule is CC(C)(C)C(O)C(Oc1ccc(Cl)cc1)Oc1ccc(Cl)cc1. The minimum atomic E-state index is -0.864. The van der Waals surface area contributed by atoms with Gasteiger partial charge in [0.25, 0.3) is 6.29 Å². The van der Waals surface area contributed by atoms with Crippen LogP contribution in [-0.4, -0.2) is 17.5 Å². The highest BCUT2D eigenvalue weighted by atomic mass is 35.5. The quantitative estimate of drug-likeness (QED) is 0.751. The Hall–Kier alpha value is -1.42. The Morgan fingerprint density at radius 1 is 0.783 bits per heavy atom. The Labute approximate surface area is 146 Å². The van der Waals surface area contributed by atoms with Crippen LogP contribution < -0.4 is 9.47 Å². The highest BCUT2D eigenvalue weighted by Gasteiger charge is 2.34. The van der Waals surface area contributed by atoms with E-state index in [4.69, 9.17) is 32.7 Å². The van der Waals surface area contributed by atoms with Crippen molar-refractivity contribution < 1.29 is 14.6 Å². The van der Waals surface area contributed by atoms with Crippen molar-refractivity contribution in [1.82, 2.24) is 0 Å². The minimum Gasteiger partial charge on any atom is -0.452 e. The molecule has 0 aliphatic carbocycles. The molecule has 1 N–H and O–H groups in total. The number of aliphatic hydroxyl groups is 1. The normalized spacial score (nSPS) is 13.0. The molecule has 0 heterocycles. The lowest BCUT2D eigenvalue weighted by Gasteiger charge is -2.33. The molecule has 0 amide bonds. The molecule has 0 fully saturated rings. The molecule has 0 aliphatic rings. The summed E-state index contributed by atoms with van der Waals surface area (Å²) in [6, 6.07) is 13.8. The Bertz CT molecular complexity index is 571. The molecule has 1 unspecified atom stereocenters. The van der Waals surface area contributed by atoms with Crippen LogP contribution in [0.2, 0.25) is 10.0 Å². The maximum atomic E-state index is 10.6. The van der Waals surface area contributed by atoms with Crippen molar-refractivity contribution in [2.75, 3.05) is 0 Å². The number of halogens is 2. The van der Waals surface area contributed by atoms with Gasteiger partial charge >= 0.3 is 0 Å². The average molecular weight is 355 g/mol. The molecule has 0 aromatic heterocycles. The third-order valence-corrected chi connectivity index (χ3v) is 3.78. The second-order valence-electron chi connectivity index (χ2n) is 6.32. The zero-order valence-corrected chi connectivity index (χ0v) is 14.8.